The summed E-state index contributed by atoms with van der Waals surface area (Å²) >= 11 is 0. The number of amides is 1. The molecule has 0 aliphatic rings. The molecule has 0 atom stereocenters. The SMILES string of the molecule is COCCCn1cc(CNC(=O)OCc2ccccc2)nn1. The van der Waals surface area contributed by atoms with Crippen molar-refractivity contribution in [3.05, 3.63) is 47.8 Å². The quantitative estimate of drug-likeness (QED) is 0.752. The van der Waals surface area contributed by atoms with Gasteiger partial charge in [0.05, 0.1) is 12.7 Å². The summed E-state index contributed by atoms with van der Waals surface area (Å²) in [6.07, 6.45) is 2.19. The summed E-state index contributed by atoms with van der Waals surface area (Å²) in [6, 6.07) is 9.52. The van der Waals surface area contributed by atoms with E-state index in [0.29, 0.717) is 12.3 Å². The third-order valence-electron chi connectivity index (χ3n) is 2.95. The van der Waals surface area contributed by atoms with Gasteiger partial charge >= 0.3 is 6.09 Å². The van der Waals surface area contributed by atoms with E-state index >= 15 is 0 Å². The van der Waals surface area contributed by atoms with Crippen LogP contribution in [-0.4, -0.2) is 34.8 Å². The average Bonchev–Trinajstić information content (AvgIpc) is 3.00. The van der Waals surface area contributed by atoms with Gasteiger partial charge < -0.3 is 14.8 Å². The molecule has 0 saturated heterocycles. The molecule has 22 heavy (non-hydrogen) atoms. The monoisotopic (exact) mass is 304 g/mol. The van der Waals surface area contributed by atoms with Crippen LogP contribution in [0, 0.1) is 0 Å². The molecule has 0 radical (unpaired) electrons. The maximum Gasteiger partial charge on any atom is 0.407 e. The van der Waals surface area contributed by atoms with Crippen LogP contribution in [0.25, 0.3) is 0 Å². The number of methoxy groups -OCH3 is 1. The zero-order chi connectivity index (χ0) is 15.6. The van der Waals surface area contributed by atoms with E-state index < -0.39 is 6.09 Å². The number of ether oxygens (including phenoxy) is 2. The Balaban J connectivity index is 1.67. The maximum absolute atomic E-state index is 11.6. The highest BCUT2D eigenvalue weighted by Gasteiger charge is 2.05. The lowest BCUT2D eigenvalue weighted by Gasteiger charge is -2.05. The Morgan fingerprint density at radius 3 is 2.91 bits per heavy atom. The van der Waals surface area contributed by atoms with Crippen LogP contribution in [0.15, 0.2) is 36.5 Å². The fraction of sp³-hybridized carbons (Fsp3) is 0.400. The Morgan fingerprint density at radius 1 is 1.32 bits per heavy atom. The molecule has 2 aromatic rings. The topological polar surface area (TPSA) is 78.3 Å². The summed E-state index contributed by atoms with van der Waals surface area (Å²) in [4.78, 5) is 11.6. The van der Waals surface area contributed by atoms with Gasteiger partial charge in [0.2, 0.25) is 0 Å². The second kappa shape index (κ2) is 8.78. The zero-order valence-corrected chi connectivity index (χ0v) is 12.6. The van der Waals surface area contributed by atoms with E-state index in [4.69, 9.17) is 9.47 Å². The molecule has 0 aliphatic heterocycles. The molecule has 0 aliphatic carbocycles. The van der Waals surface area contributed by atoms with Crippen LogP contribution in [0.1, 0.15) is 17.7 Å². The molecule has 118 valence electrons. The zero-order valence-electron chi connectivity index (χ0n) is 12.6. The molecule has 0 fully saturated rings. The van der Waals surface area contributed by atoms with Gasteiger partial charge in [0.25, 0.3) is 0 Å². The van der Waals surface area contributed by atoms with Crippen LogP contribution in [0.2, 0.25) is 0 Å². The Hall–Kier alpha value is -2.41. The molecule has 1 aromatic heterocycles. The fourth-order valence-corrected chi connectivity index (χ4v) is 1.84. The predicted molar refractivity (Wildman–Crippen MR) is 80.0 cm³/mol. The molecular weight excluding hydrogens is 284 g/mol. The van der Waals surface area contributed by atoms with E-state index in [1.54, 1.807) is 18.0 Å². The summed E-state index contributed by atoms with van der Waals surface area (Å²) in [5.74, 6) is 0. The molecule has 7 heteroatoms. The third kappa shape index (κ3) is 5.53. The Bertz CT molecular complexity index is 571. The van der Waals surface area contributed by atoms with Crippen LogP contribution in [0.5, 0.6) is 0 Å². The molecule has 1 amide bonds. The second-order valence-electron chi connectivity index (χ2n) is 4.73. The van der Waals surface area contributed by atoms with Crippen LogP contribution in [0.3, 0.4) is 0 Å². The Kier molecular flexibility index (Phi) is 6.38. The van der Waals surface area contributed by atoms with Crippen molar-refractivity contribution in [3.63, 3.8) is 0 Å². The Labute approximate surface area is 129 Å². The van der Waals surface area contributed by atoms with Crippen molar-refractivity contribution in [3.8, 4) is 0 Å². The van der Waals surface area contributed by atoms with Crippen LogP contribution < -0.4 is 5.32 Å². The molecule has 1 aromatic carbocycles. The highest BCUT2D eigenvalue weighted by molar-refractivity contribution is 5.67. The van der Waals surface area contributed by atoms with Crippen molar-refractivity contribution in [1.82, 2.24) is 20.3 Å². The molecule has 0 spiro atoms. The first-order valence-electron chi connectivity index (χ1n) is 7.10. The summed E-state index contributed by atoms with van der Waals surface area (Å²) < 4.78 is 11.8. The molecule has 2 rings (SSSR count). The number of alkyl carbamates (subject to hydrolysis) is 1. The first-order chi connectivity index (χ1) is 10.8. The number of carbonyl (C=O) groups is 1. The van der Waals surface area contributed by atoms with Gasteiger partial charge in [0.15, 0.2) is 0 Å². The van der Waals surface area contributed by atoms with E-state index in [9.17, 15) is 4.79 Å². The lowest BCUT2D eigenvalue weighted by Crippen LogP contribution is -2.23. The van der Waals surface area contributed by atoms with E-state index in [-0.39, 0.29) is 13.2 Å². The molecule has 7 nitrogen and oxygen atoms in total. The van der Waals surface area contributed by atoms with Gasteiger partial charge in [-0.25, -0.2) is 4.79 Å². The number of hydrogen-bond donors (Lipinski definition) is 1. The molecule has 0 unspecified atom stereocenters. The Morgan fingerprint density at radius 2 is 2.14 bits per heavy atom. The van der Waals surface area contributed by atoms with Crippen LogP contribution in [-0.2, 0) is 29.2 Å². The van der Waals surface area contributed by atoms with E-state index in [1.165, 1.54) is 0 Å². The van der Waals surface area contributed by atoms with Crippen LogP contribution in [0.4, 0.5) is 4.79 Å². The van der Waals surface area contributed by atoms with Gasteiger partial charge in [-0.05, 0) is 12.0 Å². The lowest BCUT2D eigenvalue weighted by atomic mass is 10.2. The smallest absolute Gasteiger partial charge is 0.407 e. The number of aromatic nitrogens is 3. The summed E-state index contributed by atoms with van der Waals surface area (Å²) in [5, 5.41) is 10.6. The standard InChI is InChI=1S/C15H20N4O3/c1-21-9-5-8-19-11-14(17-18-19)10-16-15(20)22-12-13-6-3-2-4-7-13/h2-4,6-7,11H,5,8-10,12H2,1H3,(H,16,20). The summed E-state index contributed by atoms with van der Waals surface area (Å²) in [5.41, 5.74) is 1.64. The van der Waals surface area contributed by atoms with E-state index in [0.717, 1.165) is 18.5 Å². The van der Waals surface area contributed by atoms with Crippen molar-refractivity contribution >= 4 is 6.09 Å². The van der Waals surface area contributed by atoms with Crippen molar-refractivity contribution in [2.75, 3.05) is 13.7 Å². The number of nitrogens with zero attached hydrogens (tertiary/aromatic N) is 3. The summed E-state index contributed by atoms with van der Waals surface area (Å²) in [7, 11) is 1.66. The first-order valence-corrected chi connectivity index (χ1v) is 7.10. The van der Waals surface area contributed by atoms with Gasteiger partial charge in [-0.1, -0.05) is 35.5 Å². The van der Waals surface area contributed by atoms with Gasteiger partial charge in [0, 0.05) is 20.3 Å². The number of benzene rings is 1. The largest absolute Gasteiger partial charge is 0.445 e. The third-order valence-corrected chi connectivity index (χ3v) is 2.95. The number of carbonyl (C=O) groups excluding carboxylic acids is 1. The number of nitrogens with one attached hydrogen (secondary N) is 1. The molecule has 0 bridgehead atoms. The maximum atomic E-state index is 11.6. The minimum absolute atomic E-state index is 0.246. The lowest BCUT2D eigenvalue weighted by molar-refractivity contribution is 0.139. The van der Waals surface area contributed by atoms with Crippen molar-refractivity contribution in [2.24, 2.45) is 0 Å². The van der Waals surface area contributed by atoms with Crippen molar-refractivity contribution in [1.29, 1.82) is 0 Å². The second-order valence-corrected chi connectivity index (χ2v) is 4.73. The van der Waals surface area contributed by atoms with Crippen molar-refractivity contribution in [2.45, 2.75) is 26.1 Å². The normalized spacial score (nSPS) is 10.4. The highest BCUT2D eigenvalue weighted by atomic mass is 16.5. The highest BCUT2D eigenvalue weighted by Crippen LogP contribution is 2.01. The van der Waals surface area contributed by atoms with Gasteiger partial charge in [-0.2, -0.15) is 0 Å². The van der Waals surface area contributed by atoms with Crippen LogP contribution >= 0.6 is 0 Å². The molecule has 1 N–H and O–H groups in total. The molecule has 1 heterocycles. The van der Waals surface area contributed by atoms with Gasteiger partial charge in [-0.15, -0.1) is 5.10 Å². The molecular formula is C15H20N4O3. The van der Waals surface area contributed by atoms with Gasteiger partial charge in [-0.3, -0.25) is 4.68 Å². The number of aryl methyl sites for hydroxylation is 1. The van der Waals surface area contributed by atoms with Gasteiger partial charge in [0.1, 0.15) is 12.3 Å². The predicted octanol–water partition coefficient (Wildman–Crippen LogP) is 1.74. The van der Waals surface area contributed by atoms with Crippen molar-refractivity contribution < 1.29 is 14.3 Å². The minimum Gasteiger partial charge on any atom is -0.445 e. The van der Waals surface area contributed by atoms with E-state index in [1.807, 2.05) is 30.3 Å². The van der Waals surface area contributed by atoms with E-state index in [2.05, 4.69) is 15.6 Å². The average molecular weight is 304 g/mol. The minimum atomic E-state index is -0.474. The molecule has 0 saturated carbocycles. The fourth-order valence-electron chi connectivity index (χ4n) is 1.84. The summed E-state index contributed by atoms with van der Waals surface area (Å²) in [6.45, 7) is 1.95. The number of rotatable bonds is 8. The first kappa shape index (κ1) is 16.0. The number of hydrogen-bond acceptors (Lipinski definition) is 5.